The molecule has 126 valence electrons. The largest absolute Gasteiger partial charge is 2.00 e. The quantitative estimate of drug-likeness (QED) is 0.500. The van der Waals surface area contributed by atoms with Gasteiger partial charge in [0.2, 0.25) is 0 Å². The zero-order valence-corrected chi connectivity index (χ0v) is 19.5. The van der Waals surface area contributed by atoms with Crippen molar-refractivity contribution in [1.82, 2.24) is 5.32 Å². The first-order valence-corrected chi connectivity index (χ1v) is 7.44. The first-order valence-electron chi connectivity index (χ1n) is 7.44. The summed E-state index contributed by atoms with van der Waals surface area (Å²) in [4.78, 5) is 10.2. The Morgan fingerprint density at radius 2 is 1.58 bits per heavy atom. The second-order valence-corrected chi connectivity index (χ2v) is 5.08. The van der Waals surface area contributed by atoms with Crippen molar-refractivity contribution in [2.24, 2.45) is 0 Å². The van der Waals surface area contributed by atoms with Gasteiger partial charge in [-0.25, -0.2) is 0 Å². The van der Waals surface area contributed by atoms with Gasteiger partial charge in [-0.1, -0.05) is 55.0 Å². The van der Waals surface area contributed by atoms with E-state index in [1.165, 1.54) is 28.7 Å². The summed E-state index contributed by atoms with van der Waals surface area (Å²) >= 11 is 0. The predicted molar refractivity (Wildman–Crippen MR) is 89.3 cm³/mol. The fourth-order valence-corrected chi connectivity index (χ4v) is 2.73. The number of ether oxygens (including phenoxy) is 1. The van der Waals surface area contributed by atoms with Crippen LogP contribution in [0.2, 0.25) is 0 Å². The van der Waals surface area contributed by atoms with Gasteiger partial charge >= 0.3 is 21.1 Å². The van der Waals surface area contributed by atoms with Crippen molar-refractivity contribution >= 4 is 6.47 Å². The molecule has 0 aliphatic heterocycles. The van der Waals surface area contributed by atoms with Crippen LogP contribution in [0.3, 0.4) is 0 Å². The van der Waals surface area contributed by atoms with E-state index in [9.17, 15) is 4.79 Å². The van der Waals surface area contributed by atoms with Crippen LogP contribution in [0.4, 0.5) is 0 Å². The molecule has 0 saturated carbocycles. The maximum Gasteiger partial charge on any atom is 2.00 e. The number of carbonyl (C=O) groups excluding carboxylic acids is 1. The third-order valence-corrected chi connectivity index (χ3v) is 3.70. The summed E-state index contributed by atoms with van der Waals surface area (Å²) in [7, 11) is 1.92. The minimum Gasteiger partial charge on any atom is -0.652 e. The van der Waals surface area contributed by atoms with E-state index >= 15 is 0 Å². The van der Waals surface area contributed by atoms with E-state index < -0.39 is 0 Å². The van der Waals surface area contributed by atoms with Gasteiger partial charge < -0.3 is 21.8 Å². The monoisotopic (exact) mass is 663 g/mol. The molecule has 0 amide bonds. The summed E-state index contributed by atoms with van der Waals surface area (Å²) in [6, 6.07) is 16.5. The van der Waals surface area contributed by atoms with E-state index in [0.717, 1.165) is 13.0 Å². The molecule has 0 heterocycles. The molecule has 1 N–H and O–H groups in total. The van der Waals surface area contributed by atoms with Gasteiger partial charge in [-0.3, -0.25) is 0 Å². The van der Waals surface area contributed by atoms with Crippen LogP contribution in [0.1, 0.15) is 23.5 Å². The molecule has 3 rings (SSSR count). The fourth-order valence-electron chi connectivity index (χ4n) is 2.73. The first kappa shape index (κ1) is 23.2. The smallest absolute Gasteiger partial charge is 0.652 e. The van der Waals surface area contributed by atoms with Crippen LogP contribution in [0, 0.1) is 6.92 Å². The zero-order chi connectivity index (χ0) is 15.8. The van der Waals surface area contributed by atoms with Gasteiger partial charge in [-0.15, -0.1) is 0 Å². The minimum atomic E-state index is 0. The molecule has 0 spiro atoms. The van der Waals surface area contributed by atoms with Crippen molar-refractivity contribution in [3.8, 4) is 11.1 Å². The maximum atomic E-state index is 10.2. The Morgan fingerprint density at radius 3 is 1.96 bits per heavy atom. The molecule has 0 atom stereocenters. The summed E-state index contributed by atoms with van der Waals surface area (Å²) < 4.78 is 4.83. The van der Waals surface area contributed by atoms with Gasteiger partial charge in [0, 0.05) is 27.0 Å². The van der Waals surface area contributed by atoms with E-state index in [4.69, 9.17) is 4.74 Å². The number of fused-ring (bicyclic) bond motifs is 3. The second-order valence-electron chi connectivity index (χ2n) is 5.08. The van der Waals surface area contributed by atoms with E-state index in [2.05, 4.69) is 36.5 Å². The maximum absolute atomic E-state index is 10.2. The molecule has 2 aromatic rings. The van der Waals surface area contributed by atoms with Crippen LogP contribution < -0.4 is 5.32 Å². The molecule has 0 unspecified atom stereocenters. The third-order valence-electron chi connectivity index (χ3n) is 3.70. The van der Waals surface area contributed by atoms with Crippen LogP contribution in [0.15, 0.2) is 48.5 Å². The summed E-state index contributed by atoms with van der Waals surface area (Å²) in [5, 5.41) is 2.95. The van der Waals surface area contributed by atoms with Gasteiger partial charge in [-0.05, 0) is 35.8 Å². The fraction of sp³-hybridized carbons (Fsp3) is 0.263. The van der Waals surface area contributed by atoms with Crippen LogP contribution in [-0.2, 0) is 51.7 Å². The molecule has 1 aliphatic rings. The van der Waals surface area contributed by atoms with Crippen LogP contribution in [-0.4, -0.2) is 26.7 Å². The van der Waals surface area contributed by atoms with E-state index in [-0.39, 0.29) is 48.0 Å². The van der Waals surface area contributed by atoms with Crippen molar-refractivity contribution in [2.45, 2.75) is 12.3 Å². The summed E-state index contributed by atoms with van der Waals surface area (Å²) in [6.45, 7) is 6.51. The van der Waals surface area contributed by atoms with Gasteiger partial charge in [0.05, 0.1) is 6.61 Å². The van der Waals surface area contributed by atoms with Gasteiger partial charge in [0.1, 0.15) is 0 Å². The van der Waals surface area contributed by atoms with Crippen molar-refractivity contribution < 1.29 is 51.7 Å². The molecule has 5 heteroatoms. The topological polar surface area (TPSA) is 38.3 Å². The number of rotatable bonds is 5. The molecular formula is C19H21NO2W2. The Morgan fingerprint density at radius 1 is 1.08 bits per heavy atom. The molecule has 24 heavy (non-hydrogen) atoms. The van der Waals surface area contributed by atoms with Crippen molar-refractivity contribution in [3.63, 3.8) is 0 Å². The standard InChI is InChI=1S/C15H11O2.C4H10N.2W/c16-10-17-9-15-13-7-3-1-5-11(13)12-6-2-4-8-14(12)15;1-3-4-5-2;;/h1-8,15H,9H2;5H,1,3-4H2,2H3;;/q2*-1;;+2. The van der Waals surface area contributed by atoms with Crippen LogP contribution >= 0.6 is 0 Å². The average molecular weight is 663 g/mol. The first-order chi connectivity index (χ1) is 10.8. The molecule has 0 aromatic heterocycles. The van der Waals surface area contributed by atoms with E-state index in [0.29, 0.717) is 6.61 Å². The van der Waals surface area contributed by atoms with Crippen molar-refractivity contribution in [1.29, 1.82) is 0 Å². The average Bonchev–Trinajstić information content (AvgIpc) is 2.88. The predicted octanol–water partition coefficient (Wildman–Crippen LogP) is 3.31. The SMILES string of the molecule is O=[C-]OCC1c2ccccc2-c2ccccc21.[CH2-]CCNC.[W+2].[W]. The Balaban J connectivity index is 0.000000673. The Hall–Kier alpha value is -0.753. The molecule has 0 fully saturated rings. The van der Waals surface area contributed by atoms with Crippen molar-refractivity contribution in [2.75, 3.05) is 20.2 Å². The third kappa shape index (κ3) is 5.65. The Kier molecular flexibility index (Phi) is 12.2. The second kappa shape index (κ2) is 12.6. The van der Waals surface area contributed by atoms with Crippen LogP contribution in [0.5, 0.6) is 0 Å². The molecule has 0 radical (unpaired) electrons. The summed E-state index contributed by atoms with van der Waals surface area (Å²) in [5.74, 6) is 0.142. The zero-order valence-electron chi connectivity index (χ0n) is 13.7. The summed E-state index contributed by atoms with van der Waals surface area (Å²) in [6.07, 6.45) is 0.983. The molecule has 1 aliphatic carbocycles. The van der Waals surface area contributed by atoms with Crippen LogP contribution in [0.25, 0.3) is 11.1 Å². The van der Waals surface area contributed by atoms with Gasteiger partial charge in [0.25, 0.3) is 0 Å². The minimum absolute atomic E-state index is 0. The number of benzene rings is 2. The van der Waals surface area contributed by atoms with Gasteiger partial charge in [0.15, 0.2) is 0 Å². The number of nitrogens with one attached hydrogen (secondary N) is 1. The Bertz CT molecular complexity index is 572. The van der Waals surface area contributed by atoms with Gasteiger partial charge in [-0.2, -0.15) is 6.42 Å². The molecule has 0 saturated heterocycles. The van der Waals surface area contributed by atoms with Crippen molar-refractivity contribution in [3.05, 3.63) is 66.6 Å². The van der Waals surface area contributed by atoms with E-state index in [1.807, 2.05) is 31.3 Å². The molecule has 3 nitrogen and oxygen atoms in total. The normalized spacial score (nSPS) is 10.9. The number of hydrogen-bond donors (Lipinski definition) is 1. The Labute approximate surface area is 173 Å². The van der Waals surface area contributed by atoms with E-state index in [1.54, 1.807) is 0 Å². The molecule has 0 bridgehead atoms. The summed E-state index contributed by atoms with van der Waals surface area (Å²) in [5.41, 5.74) is 4.93. The molecular weight excluding hydrogens is 642 g/mol. The number of hydrogen-bond acceptors (Lipinski definition) is 3. The molecule has 2 aromatic carbocycles.